The number of amides is 1. The molecule has 1 N–H and O–H groups in total. The number of benzene rings is 1. The second kappa shape index (κ2) is 7.37. The lowest BCUT2D eigenvalue weighted by Gasteiger charge is -2.42. The zero-order valence-electron chi connectivity index (χ0n) is 17.2. The monoisotopic (exact) mass is 384 g/mol. The van der Waals surface area contributed by atoms with E-state index < -0.39 is 0 Å². The van der Waals surface area contributed by atoms with Crippen molar-refractivity contribution in [1.82, 2.24) is 10.2 Å². The van der Waals surface area contributed by atoms with Crippen molar-refractivity contribution in [2.24, 2.45) is 17.8 Å². The van der Waals surface area contributed by atoms with Gasteiger partial charge in [0.25, 0.3) is 0 Å². The third-order valence-corrected chi connectivity index (χ3v) is 8.26. The lowest BCUT2D eigenvalue weighted by Crippen LogP contribution is -2.44. The van der Waals surface area contributed by atoms with Crippen LogP contribution in [0.3, 0.4) is 0 Å². The van der Waals surface area contributed by atoms with Crippen LogP contribution in [0.2, 0.25) is 0 Å². The topological polar surface area (TPSA) is 41.6 Å². The number of alkyl carbamates (subject to hydrolysis) is 1. The number of fused-ring (bicyclic) bond motifs is 4. The molecule has 1 saturated heterocycles. The molecule has 28 heavy (non-hydrogen) atoms. The second-order valence-electron chi connectivity index (χ2n) is 9.72. The highest BCUT2D eigenvalue weighted by molar-refractivity contribution is 5.68. The number of piperidine rings is 1. The highest BCUT2D eigenvalue weighted by Crippen LogP contribution is 2.52. The summed E-state index contributed by atoms with van der Waals surface area (Å²) in [5.74, 6) is 3.02. The molecule has 4 heteroatoms. The first-order valence-corrected chi connectivity index (χ1v) is 11.4. The highest BCUT2D eigenvalue weighted by Gasteiger charge is 2.47. The van der Waals surface area contributed by atoms with Gasteiger partial charge in [-0.15, -0.1) is 0 Å². The van der Waals surface area contributed by atoms with Crippen LogP contribution >= 0.6 is 0 Å². The van der Waals surface area contributed by atoms with E-state index in [1.165, 1.54) is 69.3 Å². The second-order valence-corrected chi connectivity index (χ2v) is 9.72. The van der Waals surface area contributed by atoms with E-state index in [1.54, 1.807) is 0 Å². The molecule has 1 spiro atoms. The fraction of sp³-hybridized carbons (Fsp3) is 0.708. The van der Waals surface area contributed by atoms with Crippen molar-refractivity contribution in [3.05, 3.63) is 35.4 Å². The van der Waals surface area contributed by atoms with Crippen LogP contribution in [-0.2, 0) is 10.2 Å². The first kappa shape index (κ1) is 18.5. The van der Waals surface area contributed by atoms with Gasteiger partial charge in [0.2, 0.25) is 0 Å². The molecule has 0 unspecified atom stereocenters. The molecule has 1 aromatic rings. The Morgan fingerprint density at radius 1 is 1.25 bits per heavy atom. The minimum Gasteiger partial charge on any atom is -0.450 e. The molecule has 4 aliphatic rings. The van der Waals surface area contributed by atoms with E-state index in [2.05, 4.69) is 34.5 Å². The van der Waals surface area contributed by atoms with Crippen molar-refractivity contribution in [1.29, 1.82) is 0 Å². The Morgan fingerprint density at radius 3 is 2.79 bits per heavy atom. The van der Waals surface area contributed by atoms with Crippen LogP contribution < -0.4 is 5.32 Å². The Morgan fingerprint density at radius 2 is 2.07 bits per heavy atom. The molecule has 1 aromatic carbocycles. The number of nitrogens with zero attached hydrogens (tertiary/aromatic N) is 1. The van der Waals surface area contributed by atoms with Gasteiger partial charge in [-0.1, -0.05) is 30.7 Å². The van der Waals surface area contributed by atoms with Crippen LogP contribution in [0, 0.1) is 17.8 Å². The van der Waals surface area contributed by atoms with Crippen LogP contribution in [0.25, 0.3) is 0 Å². The molecule has 1 heterocycles. The minimum absolute atomic E-state index is 0. The van der Waals surface area contributed by atoms with Gasteiger partial charge in [-0.25, -0.2) is 4.79 Å². The minimum atomic E-state index is -0.284. The largest absolute Gasteiger partial charge is 0.450 e. The van der Waals surface area contributed by atoms with Crippen LogP contribution in [0.1, 0.15) is 70.5 Å². The third-order valence-electron chi connectivity index (χ3n) is 8.26. The van der Waals surface area contributed by atoms with Crippen molar-refractivity contribution in [2.45, 2.75) is 63.3 Å². The van der Waals surface area contributed by atoms with Gasteiger partial charge in [0.05, 0.1) is 12.6 Å². The Labute approximate surface area is 170 Å². The van der Waals surface area contributed by atoms with Crippen LogP contribution in [0.15, 0.2) is 24.3 Å². The summed E-state index contributed by atoms with van der Waals surface area (Å²) in [5, 5.41) is 3.12. The fourth-order valence-electron chi connectivity index (χ4n) is 6.91. The van der Waals surface area contributed by atoms with Crippen LogP contribution in [-0.4, -0.2) is 37.2 Å². The van der Waals surface area contributed by atoms with Gasteiger partial charge in [-0.2, -0.15) is 0 Å². The van der Waals surface area contributed by atoms with E-state index in [-0.39, 0.29) is 19.0 Å². The Bertz CT molecular complexity index is 731. The molecule has 0 radical (unpaired) electrons. The van der Waals surface area contributed by atoms with Gasteiger partial charge < -0.3 is 15.0 Å². The summed E-state index contributed by atoms with van der Waals surface area (Å²) >= 11 is 0. The molecule has 4 nitrogen and oxygen atoms in total. The van der Waals surface area contributed by atoms with Gasteiger partial charge in [0, 0.05) is 13.4 Å². The Balaban J connectivity index is 0.00000205. The van der Waals surface area contributed by atoms with E-state index in [1.807, 2.05) is 6.92 Å². The molecule has 1 amide bonds. The molecule has 0 aromatic heterocycles. The molecule has 154 valence electrons. The van der Waals surface area contributed by atoms with Crippen LogP contribution in [0.4, 0.5) is 4.79 Å². The third kappa shape index (κ3) is 3.24. The van der Waals surface area contributed by atoms with E-state index in [4.69, 9.17) is 4.74 Å². The van der Waals surface area contributed by atoms with Crippen molar-refractivity contribution in [2.75, 3.05) is 26.2 Å². The zero-order chi connectivity index (χ0) is 19.1. The molecule has 4 atom stereocenters. The summed E-state index contributed by atoms with van der Waals surface area (Å²) < 4.78 is 5.15. The number of nitrogens with one attached hydrogen (secondary N) is 1. The summed E-state index contributed by atoms with van der Waals surface area (Å²) in [6.07, 6.45) is 9.15. The molecule has 2 saturated carbocycles. The van der Waals surface area contributed by atoms with Gasteiger partial charge in [-0.05, 0) is 87.4 Å². The van der Waals surface area contributed by atoms with Crippen molar-refractivity contribution >= 4 is 6.09 Å². The number of carbonyl (C=O) groups excluding carboxylic acids is 1. The average Bonchev–Trinajstić information content (AvgIpc) is 3.39. The molecular weight excluding hydrogens is 348 g/mol. The van der Waals surface area contributed by atoms with Crippen LogP contribution in [0.5, 0.6) is 0 Å². The number of ether oxygens (including phenoxy) is 1. The SMILES string of the molecule is CCOC(=O)N[C@H]1CC2(CCN(C[C@H]3C[C@H]4CC[C@H]3C4)CC2)c2ccccc21.[HH]. The summed E-state index contributed by atoms with van der Waals surface area (Å²) in [4.78, 5) is 14.8. The highest BCUT2D eigenvalue weighted by atomic mass is 16.5. The molecule has 5 rings (SSSR count). The summed E-state index contributed by atoms with van der Waals surface area (Å²) in [7, 11) is 0. The molecule has 1 aliphatic heterocycles. The van der Waals surface area contributed by atoms with Gasteiger partial charge in [0.1, 0.15) is 0 Å². The maximum absolute atomic E-state index is 12.0. The average molecular weight is 385 g/mol. The lowest BCUT2D eigenvalue weighted by molar-refractivity contribution is 0.116. The molecule has 3 aliphatic carbocycles. The first-order valence-electron chi connectivity index (χ1n) is 11.4. The maximum atomic E-state index is 12.0. The van der Waals surface area contributed by atoms with E-state index >= 15 is 0 Å². The predicted molar refractivity (Wildman–Crippen MR) is 112 cm³/mol. The zero-order valence-corrected chi connectivity index (χ0v) is 17.2. The molecule has 2 bridgehead atoms. The summed E-state index contributed by atoms with van der Waals surface area (Å²) in [6.45, 7) is 6.00. The fourth-order valence-corrected chi connectivity index (χ4v) is 6.91. The predicted octanol–water partition coefficient (Wildman–Crippen LogP) is 4.89. The molecule has 3 fully saturated rings. The number of rotatable bonds is 4. The van der Waals surface area contributed by atoms with Crippen molar-refractivity contribution in [3.8, 4) is 0 Å². The number of hydrogen-bond donors (Lipinski definition) is 1. The van der Waals surface area contributed by atoms with E-state index in [0.29, 0.717) is 6.61 Å². The smallest absolute Gasteiger partial charge is 0.407 e. The standard InChI is InChI=1S/C24H34N2O2.H2/c1-2-28-23(27)25-22-15-24(21-6-4-3-5-20(21)22)9-11-26(12-10-24)16-19-14-17-7-8-18(19)13-17;/h3-6,17-19,22H,2,7-16H2,1H3,(H,25,27);1H/t17-,18-,19+,22-;/m0./s1. The van der Waals surface area contributed by atoms with Gasteiger partial charge in [-0.3, -0.25) is 0 Å². The molecular formula is C24H36N2O2. The van der Waals surface area contributed by atoms with Crippen molar-refractivity contribution in [3.63, 3.8) is 0 Å². The Kier molecular flexibility index (Phi) is 4.86. The van der Waals surface area contributed by atoms with E-state index in [0.717, 1.165) is 24.2 Å². The number of likely N-dealkylation sites (tertiary alicyclic amines) is 1. The van der Waals surface area contributed by atoms with Gasteiger partial charge in [0.15, 0.2) is 0 Å². The normalized spacial score (nSPS) is 33.2. The quantitative estimate of drug-likeness (QED) is 0.803. The number of hydrogen-bond acceptors (Lipinski definition) is 3. The van der Waals surface area contributed by atoms with Gasteiger partial charge >= 0.3 is 6.09 Å². The Hall–Kier alpha value is -1.55. The lowest BCUT2D eigenvalue weighted by atomic mass is 9.73. The van der Waals surface area contributed by atoms with Crippen molar-refractivity contribution < 1.29 is 11.0 Å². The summed E-state index contributed by atoms with van der Waals surface area (Å²) in [5.41, 5.74) is 3.00. The maximum Gasteiger partial charge on any atom is 0.407 e. The summed E-state index contributed by atoms with van der Waals surface area (Å²) in [6, 6.07) is 8.85. The van der Waals surface area contributed by atoms with E-state index in [9.17, 15) is 4.79 Å². The first-order chi connectivity index (χ1) is 13.7. The number of carbonyl (C=O) groups is 1.